The zero-order valence-corrected chi connectivity index (χ0v) is 53.8. The van der Waals surface area contributed by atoms with Gasteiger partial charge in [-0.25, -0.2) is 39.5 Å². The smallest absolute Gasteiger partial charge is 0.341 e. The molecule has 6 aromatic carbocycles. The van der Waals surface area contributed by atoms with E-state index >= 15 is 0 Å². The number of esters is 3. The summed E-state index contributed by atoms with van der Waals surface area (Å²) in [5.41, 5.74) is 3.32. The van der Waals surface area contributed by atoms with Gasteiger partial charge >= 0.3 is 17.9 Å². The van der Waals surface area contributed by atoms with Crippen LogP contribution >= 0.6 is 0 Å². The molecule has 3 heterocycles. The first-order chi connectivity index (χ1) is 46.6. The van der Waals surface area contributed by atoms with E-state index in [0.717, 1.165) is 0 Å². The van der Waals surface area contributed by atoms with Gasteiger partial charge < -0.3 is 61.7 Å². The molecule has 9 aromatic rings. The van der Waals surface area contributed by atoms with Gasteiger partial charge in [0.1, 0.15) is 77.3 Å². The van der Waals surface area contributed by atoms with Crippen LogP contribution in [-0.4, -0.2) is 135 Å². The third-order valence-corrected chi connectivity index (χ3v) is 12.3. The van der Waals surface area contributed by atoms with Crippen LogP contribution in [0.3, 0.4) is 0 Å². The van der Waals surface area contributed by atoms with Crippen molar-refractivity contribution in [3.8, 4) is 88.0 Å². The standard InChI is InChI=1S/C23H20N4O4.C22H17N3O5.C20H15N3O4.C5H13NO2/c1-27(2)14-18(23(28)29-3)17-9-5-7-11-20(17)31-22-12-21(25-15-26-22)30-19-10-6-4-8-16(19)13-24;1-27-13-17(22(26)28-2)16-8-4-6-10-19(16)30-21-11-20(24-14-25-21)29-18-9-5-3-7-15(18)12-23;1-25-20(24)10-14-6-2-4-8-16(14)26-18-11-19(23-13-22-18)27-17-9-5-3-7-15(17)12-21;1-6(2)5(7-3)8-4/h4-12,14-15H,1-3H3;3-11,13-14H,1-2H3;2-9,11,13H,10H2,1H3;5H,1-4H3/b18-14-;17-13+;;. The second-order valence-electron chi connectivity index (χ2n) is 19.4. The van der Waals surface area contributed by atoms with Crippen LogP contribution in [0.5, 0.6) is 69.8 Å². The minimum atomic E-state index is -0.576. The van der Waals surface area contributed by atoms with Crippen LogP contribution < -0.4 is 28.4 Å². The fraction of sp³-hybridized carbons (Fsp3) is 0.171. The van der Waals surface area contributed by atoms with Gasteiger partial charge in [-0.2, -0.15) is 15.8 Å². The van der Waals surface area contributed by atoms with Gasteiger partial charge in [-0.3, -0.25) is 9.69 Å². The number of methoxy groups -OCH3 is 6. The highest BCUT2D eigenvalue weighted by molar-refractivity contribution is 6.17. The molecule has 26 nitrogen and oxygen atoms in total. The van der Waals surface area contributed by atoms with Crippen molar-refractivity contribution in [2.75, 3.05) is 70.8 Å². The minimum Gasteiger partial charge on any atom is -0.503 e. The summed E-state index contributed by atoms with van der Waals surface area (Å²) >= 11 is 0. The van der Waals surface area contributed by atoms with Gasteiger partial charge in [-0.15, -0.1) is 0 Å². The summed E-state index contributed by atoms with van der Waals surface area (Å²) in [5, 5.41) is 27.6. The monoisotopic (exact) mass is 1300 g/mol. The maximum absolute atomic E-state index is 12.3. The number of nitrogens with zero attached hydrogens (tertiary/aromatic N) is 11. The van der Waals surface area contributed by atoms with Crippen molar-refractivity contribution < 1.29 is 71.2 Å². The van der Waals surface area contributed by atoms with E-state index in [2.05, 4.69) is 48.1 Å². The quantitative estimate of drug-likeness (QED) is 0.0189. The number of hydrogen-bond acceptors (Lipinski definition) is 26. The van der Waals surface area contributed by atoms with E-state index in [1.54, 1.807) is 185 Å². The normalized spacial score (nSPS) is 10.5. The molecule has 490 valence electrons. The molecule has 0 radical (unpaired) electrons. The van der Waals surface area contributed by atoms with Crippen LogP contribution in [0.1, 0.15) is 33.4 Å². The lowest BCUT2D eigenvalue weighted by molar-refractivity contribution is -0.179. The maximum Gasteiger partial charge on any atom is 0.341 e. The van der Waals surface area contributed by atoms with Crippen molar-refractivity contribution in [3.63, 3.8) is 0 Å². The van der Waals surface area contributed by atoms with Gasteiger partial charge in [0.25, 0.3) is 0 Å². The zero-order valence-electron chi connectivity index (χ0n) is 53.8. The fourth-order valence-electron chi connectivity index (χ4n) is 8.02. The van der Waals surface area contributed by atoms with E-state index in [9.17, 15) is 24.9 Å². The van der Waals surface area contributed by atoms with Gasteiger partial charge in [0, 0.05) is 51.2 Å². The van der Waals surface area contributed by atoms with E-state index in [0.29, 0.717) is 73.5 Å². The Hall–Kier alpha value is -12.8. The van der Waals surface area contributed by atoms with Gasteiger partial charge in [0.2, 0.25) is 41.7 Å². The molecule has 96 heavy (non-hydrogen) atoms. The Morgan fingerprint density at radius 2 is 0.750 bits per heavy atom. The van der Waals surface area contributed by atoms with Crippen molar-refractivity contribution in [2.24, 2.45) is 0 Å². The predicted octanol–water partition coefficient (Wildman–Crippen LogP) is 11.9. The molecule has 26 heteroatoms. The van der Waals surface area contributed by atoms with Crippen LogP contribution in [0.2, 0.25) is 0 Å². The van der Waals surface area contributed by atoms with Crippen molar-refractivity contribution in [2.45, 2.75) is 12.8 Å². The molecule has 3 aromatic heterocycles. The average molecular weight is 1300 g/mol. The van der Waals surface area contributed by atoms with Crippen LogP contribution in [0.25, 0.3) is 11.1 Å². The predicted molar refractivity (Wildman–Crippen MR) is 347 cm³/mol. The van der Waals surface area contributed by atoms with Crippen molar-refractivity contribution in [1.29, 1.82) is 15.8 Å². The molecule has 0 spiro atoms. The molecule has 0 saturated heterocycles. The third-order valence-electron chi connectivity index (χ3n) is 12.3. The highest BCUT2D eigenvalue weighted by Crippen LogP contribution is 2.35. The molecule has 0 saturated carbocycles. The Morgan fingerprint density at radius 3 is 1.08 bits per heavy atom. The minimum absolute atomic E-state index is 0.0800. The van der Waals surface area contributed by atoms with Crippen LogP contribution in [0.15, 0.2) is 195 Å². The lowest BCUT2D eigenvalue weighted by Gasteiger charge is -2.19. The molecular formula is C70H65N11O15. The first kappa shape index (κ1) is 72.3. The molecule has 0 aliphatic carbocycles. The number of ether oxygens (including phenoxy) is 12. The number of para-hydroxylation sites is 6. The summed E-state index contributed by atoms with van der Waals surface area (Å²) in [6.45, 7) is 0. The van der Waals surface area contributed by atoms with Crippen molar-refractivity contribution >= 4 is 29.1 Å². The number of carbonyl (C=O) groups is 3. The lowest BCUT2D eigenvalue weighted by atomic mass is 10.1. The molecule has 0 aliphatic heterocycles. The number of nitriles is 3. The number of carbonyl (C=O) groups excluding carboxylic acids is 3. The number of benzene rings is 6. The summed E-state index contributed by atoms with van der Waals surface area (Å²) in [6, 6.07) is 52.1. The van der Waals surface area contributed by atoms with Gasteiger partial charge in [-0.1, -0.05) is 91.0 Å². The Labute approximate surface area is 553 Å². The highest BCUT2D eigenvalue weighted by Gasteiger charge is 2.21. The van der Waals surface area contributed by atoms with E-state index in [1.165, 1.54) is 71.9 Å². The van der Waals surface area contributed by atoms with Crippen LogP contribution in [0, 0.1) is 34.0 Å². The SMILES string of the molecule is CO/C=C(/C(=O)OC)c1ccccc1Oc1cc(Oc2ccccc2C#N)ncn1.COC(=O)/C(=C\N(C)C)c1ccccc1Oc1cc(Oc2ccccc2C#N)ncn1.COC(=O)Cc1ccccc1Oc1cc(Oc2ccccc2C#N)ncn1.COC(OC)N(C)C. The van der Waals surface area contributed by atoms with Crippen molar-refractivity contribution in [3.05, 3.63) is 229 Å². The van der Waals surface area contributed by atoms with E-state index in [-0.39, 0.29) is 59.7 Å². The molecule has 0 aliphatic rings. The molecule has 0 atom stereocenters. The summed E-state index contributed by atoms with van der Waals surface area (Å²) in [6.07, 6.45) is 6.66. The fourth-order valence-corrected chi connectivity index (χ4v) is 8.02. The maximum atomic E-state index is 12.3. The van der Waals surface area contributed by atoms with E-state index in [1.807, 2.05) is 19.0 Å². The Morgan fingerprint density at radius 1 is 0.427 bits per heavy atom. The number of hydrogen-bond donors (Lipinski definition) is 0. The number of aromatic nitrogens is 6. The first-order valence-corrected chi connectivity index (χ1v) is 28.4. The van der Waals surface area contributed by atoms with Crippen LogP contribution in [0.4, 0.5) is 0 Å². The topological polar surface area (TPSA) is 317 Å². The molecule has 0 fully saturated rings. The lowest BCUT2D eigenvalue weighted by Crippen LogP contribution is -2.30. The second kappa shape index (κ2) is 38.1. The molecular weight excluding hydrogens is 1230 g/mol. The molecule has 0 amide bonds. The summed E-state index contributed by atoms with van der Waals surface area (Å²) in [7, 11) is 16.0. The Bertz CT molecular complexity index is 4260. The van der Waals surface area contributed by atoms with E-state index in [4.69, 9.17) is 62.1 Å². The Kier molecular flexibility index (Phi) is 28.7. The summed E-state index contributed by atoms with van der Waals surface area (Å²) in [5.74, 6) is 2.19. The first-order valence-electron chi connectivity index (χ1n) is 28.4. The van der Waals surface area contributed by atoms with Gasteiger partial charge in [-0.05, 0) is 68.7 Å². The number of rotatable bonds is 23. The summed E-state index contributed by atoms with van der Waals surface area (Å²) < 4.78 is 63.8. The third kappa shape index (κ3) is 22.0. The molecule has 9 rings (SSSR count). The molecule has 0 N–H and O–H groups in total. The molecule has 0 unspecified atom stereocenters. The average Bonchev–Trinajstić information content (AvgIpc) is 1.05. The summed E-state index contributed by atoms with van der Waals surface area (Å²) in [4.78, 5) is 64.0. The zero-order chi connectivity index (χ0) is 69.2. The van der Waals surface area contributed by atoms with E-state index < -0.39 is 11.9 Å². The molecule has 0 bridgehead atoms. The second-order valence-corrected chi connectivity index (χ2v) is 19.4. The van der Waals surface area contributed by atoms with Crippen molar-refractivity contribution in [1.82, 2.24) is 39.7 Å². The highest BCUT2D eigenvalue weighted by atomic mass is 16.7. The Balaban J connectivity index is 0.000000215. The largest absolute Gasteiger partial charge is 0.503 e. The van der Waals surface area contributed by atoms with Crippen LogP contribution in [-0.2, 0) is 49.2 Å². The van der Waals surface area contributed by atoms with Gasteiger partial charge in [0.15, 0.2) is 0 Å². The van der Waals surface area contributed by atoms with Gasteiger partial charge in [0.05, 0.1) is 81.6 Å².